The molecule has 0 N–H and O–H groups in total. The van der Waals surface area contributed by atoms with E-state index in [-0.39, 0.29) is 5.38 Å². The van der Waals surface area contributed by atoms with Crippen LogP contribution in [-0.2, 0) is 9.47 Å². The van der Waals surface area contributed by atoms with E-state index in [4.69, 9.17) is 21.1 Å². The molecule has 1 atom stereocenters. The Kier molecular flexibility index (Phi) is 2.55. The molecule has 1 rings (SSSR count). The summed E-state index contributed by atoms with van der Waals surface area (Å²) in [5.41, 5.74) is 0. The van der Waals surface area contributed by atoms with E-state index < -0.39 is 5.79 Å². The second-order valence-corrected chi connectivity index (χ2v) is 3.11. The molecule has 0 unspecified atom stereocenters. The van der Waals surface area contributed by atoms with Crippen LogP contribution < -0.4 is 0 Å². The number of alkyl halides is 1. The highest BCUT2D eigenvalue weighted by molar-refractivity contribution is 6.21. The van der Waals surface area contributed by atoms with Crippen molar-refractivity contribution in [2.45, 2.75) is 30.4 Å². The van der Waals surface area contributed by atoms with Crippen molar-refractivity contribution in [3.8, 4) is 0 Å². The van der Waals surface area contributed by atoms with Gasteiger partial charge < -0.3 is 9.47 Å². The van der Waals surface area contributed by atoms with E-state index in [2.05, 4.69) is 0 Å². The number of ether oxygens (including phenoxy) is 2. The van der Waals surface area contributed by atoms with Crippen LogP contribution in [0.25, 0.3) is 0 Å². The first-order chi connectivity index (χ1) is 4.75. The summed E-state index contributed by atoms with van der Waals surface area (Å²) in [7, 11) is 3.29. The SMILES string of the molecule is COC1(OC)CCC[C@H]1Cl. The van der Waals surface area contributed by atoms with Gasteiger partial charge in [0.15, 0.2) is 5.79 Å². The van der Waals surface area contributed by atoms with E-state index in [1.54, 1.807) is 14.2 Å². The summed E-state index contributed by atoms with van der Waals surface area (Å²) in [6.07, 6.45) is 2.99. The van der Waals surface area contributed by atoms with Crippen molar-refractivity contribution in [3.05, 3.63) is 0 Å². The normalized spacial score (nSPS) is 30.9. The molecular formula is C7H13ClO2. The number of hydrogen-bond acceptors (Lipinski definition) is 2. The van der Waals surface area contributed by atoms with Crippen LogP contribution in [0.5, 0.6) is 0 Å². The number of rotatable bonds is 2. The molecule has 0 radical (unpaired) electrons. The Hall–Kier alpha value is 0.210. The van der Waals surface area contributed by atoms with Crippen molar-refractivity contribution in [1.82, 2.24) is 0 Å². The van der Waals surface area contributed by atoms with Gasteiger partial charge in [0, 0.05) is 20.6 Å². The molecule has 1 fully saturated rings. The maximum absolute atomic E-state index is 5.99. The number of halogens is 1. The highest BCUT2D eigenvalue weighted by Crippen LogP contribution is 2.37. The van der Waals surface area contributed by atoms with E-state index in [1.165, 1.54) is 0 Å². The molecule has 0 bridgehead atoms. The largest absolute Gasteiger partial charge is 0.352 e. The zero-order valence-electron chi connectivity index (χ0n) is 6.39. The molecule has 3 heteroatoms. The monoisotopic (exact) mass is 164 g/mol. The fourth-order valence-corrected chi connectivity index (χ4v) is 1.89. The Morgan fingerprint density at radius 1 is 1.40 bits per heavy atom. The average molecular weight is 165 g/mol. The first-order valence-corrected chi connectivity index (χ1v) is 3.93. The summed E-state index contributed by atoms with van der Waals surface area (Å²) >= 11 is 5.99. The minimum Gasteiger partial charge on any atom is -0.352 e. The van der Waals surface area contributed by atoms with Gasteiger partial charge in [-0.3, -0.25) is 0 Å². The van der Waals surface area contributed by atoms with Crippen molar-refractivity contribution in [2.75, 3.05) is 14.2 Å². The van der Waals surface area contributed by atoms with Gasteiger partial charge >= 0.3 is 0 Å². The molecular weight excluding hydrogens is 152 g/mol. The molecule has 1 saturated carbocycles. The topological polar surface area (TPSA) is 18.5 Å². The summed E-state index contributed by atoms with van der Waals surface area (Å²) in [6.45, 7) is 0. The van der Waals surface area contributed by atoms with Gasteiger partial charge in [-0.2, -0.15) is 0 Å². The molecule has 0 aromatic rings. The molecule has 10 heavy (non-hydrogen) atoms. The fraction of sp³-hybridized carbons (Fsp3) is 1.00. The maximum atomic E-state index is 5.99. The number of methoxy groups -OCH3 is 2. The molecule has 0 aromatic heterocycles. The minimum absolute atomic E-state index is 0.0162. The molecule has 60 valence electrons. The lowest BCUT2D eigenvalue weighted by Gasteiger charge is -2.28. The number of hydrogen-bond donors (Lipinski definition) is 0. The van der Waals surface area contributed by atoms with Gasteiger partial charge in [0.05, 0.1) is 5.38 Å². The Balaban J connectivity index is 2.61. The van der Waals surface area contributed by atoms with Gasteiger partial charge in [0.1, 0.15) is 0 Å². The van der Waals surface area contributed by atoms with Crippen LogP contribution in [0, 0.1) is 0 Å². The second kappa shape index (κ2) is 3.07. The Labute approximate surface area is 66.5 Å². The second-order valence-electron chi connectivity index (χ2n) is 2.58. The molecule has 0 saturated heterocycles. The van der Waals surface area contributed by atoms with E-state index in [1.807, 2.05) is 0 Å². The summed E-state index contributed by atoms with van der Waals surface area (Å²) in [5, 5.41) is 0.0162. The van der Waals surface area contributed by atoms with E-state index in [9.17, 15) is 0 Å². The van der Waals surface area contributed by atoms with Crippen LogP contribution in [0.2, 0.25) is 0 Å². The lowest BCUT2D eigenvalue weighted by atomic mass is 10.2. The van der Waals surface area contributed by atoms with Gasteiger partial charge in [-0.25, -0.2) is 0 Å². The molecule has 2 nitrogen and oxygen atoms in total. The molecule has 0 aliphatic heterocycles. The Bertz CT molecular complexity index is 112. The highest BCUT2D eigenvalue weighted by atomic mass is 35.5. The van der Waals surface area contributed by atoms with Crippen LogP contribution >= 0.6 is 11.6 Å². The predicted molar refractivity (Wildman–Crippen MR) is 40.2 cm³/mol. The fourth-order valence-electron chi connectivity index (χ4n) is 1.45. The molecule has 1 aliphatic rings. The van der Waals surface area contributed by atoms with Crippen LogP contribution in [0.1, 0.15) is 19.3 Å². The lowest BCUT2D eigenvalue weighted by molar-refractivity contribution is -0.197. The summed E-state index contributed by atoms with van der Waals surface area (Å²) in [6, 6.07) is 0. The maximum Gasteiger partial charge on any atom is 0.183 e. The first kappa shape index (κ1) is 8.31. The Morgan fingerprint density at radius 3 is 2.20 bits per heavy atom. The third kappa shape index (κ3) is 1.16. The molecule has 0 amide bonds. The Morgan fingerprint density at radius 2 is 2.00 bits per heavy atom. The quantitative estimate of drug-likeness (QED) is 0.458. The molecule has 0 spiro atoms. The standard InChI is InChI=1S/C7H13ClO2/c1-9-7(10-2)5-3-4-6(7)8/h6H,3-5H2,1-2H3/t6-/m1/s1. The van der Waals surface area contributed by atoms with E-state index in [0.29, 0.717) is 0 Å². The van der Waals surface area contributed by atoms with Gasteiger partial charge in [-0.05, 0) is 12.8 Å². The predicted octanol–water partition coefficient (Wildman–Crippen LogP) is 1.77. The van der Waals surface area contributed by atoms with Crippen molar-refractivity contribution < 1.29 is 9.47 Å². The zero-order valence-corrected chi connectivity index (χ0v) is 7.15. The van der Waals surface area contributed by atoms with Gasteiger partial charge in [0.25, 0.3) is 0 Å². The van der Waals surface area contributed by atoms with Crippen molar-refractivity contribution in [2.24, 2.45) is 0 Å². The average Bonchev–Trinajstić information content (AvgIpc) is 2.32. The van der Waals surface area contributed by atoms with Crippen molar-refractivity contribution in [3.63, 3.8) is 0 Å². The third-order valence-corrected chi connectivity index (χ3v) is 2.70. The van der Waals surface area contributed by atoms with Crippen LogP contribution in [-0.4, -0.2) is 25.4 Å². The zero-order chi connectivity index (χ0) is 7.61. The lowest BCUT2D eigenvalue weighted by Crippen LogP contribution is -2.38. The van der Waals surface area contributed by atoms with Crippen LogP contribution in [0.3, 0.4) is 0 Å². The molecule has 1 aliphatic carbocycles. The van der Waals surface area contributed by atoms with Crippen LogP contribution in [0.4, 0.5) is 0 Å². The summed E-state index contributed by atoms with van der Waals surface area (Å²) < 4.78 is 10.4. The van der Waals surface area contributed by atoms with Crippen molar-refractivity contribution >= 4 is 11.6 Å². The van der Waals surface area contributed by atoms with Gasteiger partial charge in [-0.1, -0.05) is 0 Å². The first-order valence-electron chi connectivity index (χ1n) is 3.49. The van der Waals surface area contributed by atoms with E-state index >= 15 is 0 Å². The molecule has 0 heterocycles. The molecule has 0 aromatic carbocycles. The van der Waals surface area contributed by atoms with Gasteiger partial charge in [0.2, 0.25) is 0 Å². The highest BCUT2D eigenvalue weighted by Gasteiger charge is 2.42. The van der Waals surface area contributed by atoms with Gasteiger partial charge in [-0.15, -0.1) is 11.6 Å². The van der Waals surface area contributed by atoms with Crippen molar-refractivity contribution in [1.29, 1.82) is 0 Å². The summed E-state index contributed by atoms with van der Waals surface area (Å²) in [5.74, 6) is -0.498. The smallest absolute Gasteiger partial charge is 0.183 e. The third-order valence-electron chi connectivity index (χ3n) is 2.15. The van der Waals surface area contributed by atoms with Crippen LogP contribution in [0.15, 0.2) is 0 Å². The summed E-state index contributed by atoms with van der Waals surface area (Å²) in [4.78, 5) is 0. The minimum atomic E-state index is -0.498. The van der Waals surface area contributed by atoms with E-state index in [0.717, 1.165) is 19.3 Å².